The van der Waals surface area contributed by atoms with E-state index in [1.54, 1.807) is 4.52 Å². The third-order valence-electron chi connectivity index (χ3n) is 5.20. The Hall–Kier alpha value is -3.25. The molecule has 0 bridgehead atoms. The van der Waals surface area contributed by atoms with Gasteiger partial charge in [0.25, 0.3) is 5.78 Å². The van der Waals surface area contributed by atoms with Gasteiger partial charge in [-0.3, -0.25) is 4.90 Å². The highest BCUT2D eigenvalue weighted by Crippen LogP contribution is 2.22. The Morgan fingerprint density at radius 2 is 1.72 bits per heavy atom. The SMILES string of the molecule is CC(C)N(C)Cc1ccccc1CNc1cc(-c2ccccc2)nc2ncnn12. The molecule has 0 spiro atoms. The summed E-state index contributed by atoms with van der Waals surface area (Å²) in [6, 6.07) is 21.2. The molecule has 2 heterocycles. The lowest BCUT2D eigenvalue weighted by atomic mass is 10.1. The number of aromatic nitrogens is 4. The first-order chi connectivity index (χ1) is 14.1. The van der Waals surface area contributed by atoms with Crippen molar-refractivity contribution in [3.63, 3.8) is 0 Å². The van der Waals surface area contributed by atoms with Gasteiger partial charge in [0.1, 0.15) is 12.1 Å². The van der Waals surface area contributed by atoms with Crippen LogP contribution < -0.4 is 5.32 Å². The Kier molecular flexibility index (Phi) is 5.53. The molecule has 0 amide bonds. The molecule has 0 unspecified atom stereocenters. The van der Waals surface area contributed by atoms with E-state index in [-0.39, 0.29) is 0 Å². The highest BCUT2D eigenvalue weighted by atomic mass is 15.3. The number of nitrogens with zero attached hydrogens (tertiary/aromatic N) is 5. The molecule has 4 rings (SSSR count). The monoisotopic (exact) mass is 386 g/mol. The predicted molar refractivity (Wildman–Crippen MR) is 117 cm³/mol. The van der Waals surface area contributed by atoms with E-state index in [1.807, 2.05) is 24.3 Å². The molecule has 2 aromatic heterocycles. The molecule has 0 aliphatic heterocycles. The van der Waals surface area contributed by atoms with E-state index in [9.17, 15) is 0 Å². The molecule has 0 saturated carbocycles. The lowest BCUT2D eigenvalue weighted by molar-refractivity contribution is 0.265. The largest absolute Gasteiger partial charge is 0.366 e. The summed E-state index contributed by atoms with van der Waals surface area (Å²) < 4.78 is 1.75. The Morgan fingerprint density at radius 3 is 2.48 bits per heavy atom. The molecular formula is C23H26N6. The molecule has 0 fully saturated rings. The maximum atomic E-state index is 4.64. The van der Waals surface area contributed by atoms with Gasteiger partial charge in [-0.15, -0.1) is 0 Å². The van der Waals surface area contributed by atoms with E-state index in [1.165, 1.54) is 17.5 Å². The number of benzene rings is 2. The summed E-state index contributed by atoms with van der Waals surface area (Å²) in [5.74, 6) is 1.46. The van der Waals surface area contributed by atoms with Crippen molar-refractivity contribution in [1.29, 1.82) is 0 Å². The number of nitrogens with one attached hydrogen (secondary N) is 1. The van der Waals surface area contributed by atoms with Crippen LogP contribution in [0.15, 0.2) is 67.0 Å². The minimum atomic E-state index is 0.499. The van der Waals surface area contributed by atoms with Crippen LogP contribution >= 0.6 is 0 Å². The number of anilines is 1. The van der Waals surface area contributed by atoms with Crippen molar-refractivity contribution in [3.05, 3.63) is 78.1 Å². The summed E-state index contributed by atoms with van der Waals surface area (Å²) in [7, 11) is 2.16. The molecule has 6 heteroatoms. The van der Waals surface area contributed by atoms with Crippen molar-refractivity contribution in [2.75, 3.05) is 12.4 Å². The summed E-state index contributed by atoms with van der Waals surface area (Å²) in [6.07, 6.45) is 1.54. The smallest absolute Gasteiger partial charge is 0.254 e. The normalized spacial score (nSPS) is 11.5. The maximum Gasteiger partial charge on any atom is 0.254 e. The fourth-order valence-corrected chi connectivity index (χ4v) is 3.22. The average molecular weight is 387 g/mol. The van der Waals surface area contributed by atoms with Gasteiger partial charge in [0.2, 0.25) is 0 Å². The first-order valence-electron chi connectivity index (χ1n) is 9.89. The van der Waals surface area contributed by atoms with Crippen molar-refractivity contribution in [1.82, 2.24) is 24.5 Å². The predicted octanol–water partition coefficient (Wildman–Crippen LogP) is 4.24. The Morgan fingerprint density at radius 1 is 1.00 bits per heavy atom. The van der Waals surface area contributed by atoms with Gasteiger partial charge < -0.3 is 5.32 Å². The molecule has 6 nitrogen and oxygen atoms in total. The Labute approximate surface area is 171 Å². The molecule has 0 saturated heterocycles. The first-order valence-corrected chi connectivity index (χ1v) is 9.89. The number of fused-ring (bicyclic) bond motifs is 1. The van der Waals surface area contributed by atoms with Crippen molar-refractivity contribution >= 4 is 11.6 Å². The van der Waals surface area contributed by atoms with E-state index >= 15 is 0 Å². The Bertz CT molecular complexity index is 1090. The number of hydrogen-bond acceptors (Lipinski definition) is 5. The number of rotatable bonds is 7. The van der Waals surface area contributed by atoms with Crippen LogP contribution in [0.3, 0.4) is 0 Å². The van der Waals surface area contributed by atoms with Gasteiger partial charge in [-0.25, -0.2) is 4.98 Å². The number of hydrogen-bond donors (Lipinski definition) is 1. The molecule has 0 radical (unpaired) electrons. The molecule has 4 aromatic rings. The van der Waals surface area contributed by atoms with Crippen LogP contribution in [0.25, 0.3) is 17.0 Å². The summed E-state index contributed by atoms with van der Waals surface area (Å²) in [5.41, 5.74) is 4.52. The second-order valence-electron chi connectivity index (χ2n) is 7.50. The van der Waals surface area contributed by atoms with E-state index in [0.717, 1.165) is 23.6 Å². The van der Waals surface area contributed by atoms with Gasteiger partial charge >= 0.3 is 0 Å². The van der Waals surface area contributed by atoms with Gasteiger partial charge in [-0.1, -0.05) is 54.6 Å². The van der Waals surface area contributed by atoms with Crippen LogP contribution in [-0.2, 0) is 13.1 Å². The minimum Gasteiger partial charge on any atom is -0.366 e. The van der Waals surface area contributed by atoms with Gasteiger partial charge in [0.05, 0.1) is 5.69 Å². The van der Waals surface area contributed by atoms with Crippen molar-refractivity contribution < 1.29 is 0 Å². The average Bonchev–Trinajstić information content (AvgIpc) is 3.22. The van der Waals surface area contributed by atoms with Crippen molar-refractivity contribution in [2.24, 2.45) is 0 Å². The zero-order valence-corrected chi connectivity index (χ0v) is 17.1. The highest BCUT2D eigenvalue weighted by Gasteiger charge is 2.11. The van der Waals surface area contributed by atoms with Crippen molar-refractivity contribution in [2.45, 2.75) is 33.0 Å². The third-order valence-corrected chi connectivity index (χ3v) is 5.20. The quantitative estimate of drug-likeness (QED) is 0.515. The first kappa shape index (κ1) is 19.1. The summed E-state index contributed by atoms with van der Waals surface area (Å²) in [5, 5.41) is 7.88. The molecule has 0 aliphatic carbocycles. The summed E-state index contributed by atoms with van der Waals surface area (Å²) in [6.45, 7) is 6.05. The second kappa shape index (κ2) is 8.41. The van der Waals surface area contributed by atoms with E-state index in [0.29, 0.717) is 18.4 Å². The van der Waals surface area contributed by atoms with Crippen LogP contribution in [0.4, 0.5) is 5.82 Å². The van der Waals surface area contributed by atoms with Gasteiger partial charge in [0, 0.05) is 30.8 Å². The van der Waals surface area contributed by atoms with Crippen LogP contribution in [0.5, 0.6) is 0 Å². The van der Waals surface area contributed by atoms with Crippen LogP contribution in [0.1, 0.15) is 25.0 Å². The maximum absolute atomic E-state index is 4.64. The fraction of sp³-hybridized carbons (Fsp3) is 0.261. The lowest BCUT2D eigenvalue weighted by Crippen LogP contribution is -2.26. The van der Waals surface area contributed by atoms with E-state index in [4.69, 9.17) is 0 Å². The molecule has 1 N–H and O–H groups in total. The standard InChI is InChI=1S/C23H26N6/c1-17(2)28(3)15-20-12-8-7-11-19(20)14-24-22-13-21(18-9-5-4-6-10-18)27-23-25-16-26-29(22)23/h4-13,16-17,24H,14-15H2,1-3H3. The van der Waals surface area contributed by atoms with Gasteiger partial charge in [-0.2, -0.15) is 14.6 Å². The van der Waals surface area contributed by atoms with Gasteiger partial charge in [-0.05, 0) is 32.0 Å². The molecule has 29 heavy (non-hydrogen) atoms. The van der Waals surface area contributed by atoms with E-state index in [2.05, 4.69) is 82.6 Å². The van der Waals surface area contributed by atoms with Crippen LogP contribution in [-0.4, -0.2) is 37.6 Å². The summed E-state index contributed by atoms with van der Waals surface area (Å²) >= 11 is 0. The third kappa shape index (κ3) is 4.27. The van der Waals surface area contributed by atoms with Crippen LogP contribution in [0, 0.1) is 0 Å². The molecular weight excluding hydrogens is 360 g/mol. The van der Waals surface area contributed by atoms with Crippen molar-refractivity contribution in [3.8, 4) is 11.3 Å². The minimum absolute atomic E-state index is 0.499. The lowest BCUT2D eigenvalue weighted by Gasteiger charge is -2.22. The topological polar surface area (TPSA) is 58.3 Å². The Balaban J connectivity index is 1.62. The van der Waals surface area contributed by atoms with E-state index < -0.39 is 0 Å². The fourth-order valence-electron chi connectivity index (χ4n) is 3.22. The molecule has 0 atom stereocenters. The summed E-state index contributed by atoms with van der Waals surface area (Å²) in [4.78, 5) is 11.3. The molecule has 0 aliphatic rings. The molecule has 2 aromatic carbocycles. The van der Waals surface area contributed by atoms with Gasteiger partial charge in [0.15, 0.2) is 0 Å². The zero-order chi connectivity index (χ0) is 20.2. The second-order valence-corrected chi connectivity index (χ2v) is 7.50. The van der Waals surface area contributed by atoms with Crippen LogP contribution in [0.2, 0.25) is 0 Å². The zero-order valence-electron chi connectivity index (χ0n) is 17.1. The molecule has 148 valence electrons. The highest BCUT2D eigenvalue weighted by molar-refractivity contribution is 5.65.